The van der Waals surface area contributed by atoms with E-state index in [-0.39, 0.29) is 17.7 Å². The molecule has 1 fully saturated rings. The molecule has 0 unspecified atom stereocenters. The first-order valence-corrected chi connectivity index (χ1v) is 8.12. The minimum absolute atomic E-state index is 0.00974. The first-order chi connectivity index (χ1) is 10.0. The predicted molar refractivity (Wildman–Crippen MR) is 86.1 cm³/mol. The first-order valence-electron chi connectivity index (χ1n) is 7.33. The van der Waals surface area contributed by atoms with Crippen LogP contribution in [0.4, 0.5) is 0 Å². The van der Waals surface area contributed by atoms with Gasteiger partial charge in [0.15, 0.2) is 0 Å². The summed E-state index contributed by atoms with van der Waals surface area (Å²) in [5.74, 6) is 0.210. The third-order valence-electron chi connectivity index (χ3n) is 3.69. The highest BCUT2D eigenvalue weighted by atomic mass is 79.9. The van der Waals surface area contributed by atoms with Crippen molar-refractivity contribution in [1.29, 1.82) is 0 Å². The smallest absolute Gasteiger partial charge is 0.255 e. The standard InChI is InChI=1S/C16H21BrN2O2/c1-12(2)15(20)18-8-5-9-19(11-10-18)16(21)13-6-3-4-7-14(13)17/h3-4,6-7,12H,5,8-11H2,1-2H3. The molecule has 1 aromatic carbocycles. The predicted octanol–water partition coefficient (Wildman–Crippen LogP) is 2.78. The van der Waals surface area contributed by atoms with E-state index in [1.165, 1.54) is 0 Å². The average Bonchev–Trinajstić information content (AvgIpc) is 2.72. The van der Waals surface area contributed by atoms with E-state index in [0.717, 1.165) is 17.4 Å². The molecule has 4 nitrogen and oxygen atoms in total. The van der Waals surface area contributed by atoms with Crippen molar-refractivity contribution in [3.8, 4) is 0 Å². The number of halogens is 1. The van der Waals surface area contributed by atoms with Gasteiger partial charge in [0.2, 0.25) is 5.91 Å². The van der Waals surface area contributed by atoms with Gasteiger partial charge in [0.05, 0.1) is 5.56 Å². The van der Waals surface area contributed by atoms with Crippen LogP contribution in [0.3, 0.4) is 0 Å². The monoisotopic (exact) mass is 352 g/mol. The molecule has 0 aromatic heterocycles. The van der Waals surface area contributed by atoms with Crippen molar-refractivity contribution in [2.75, 3.05) is 26.2 Å². The zero-order valence-electron chi connectivity index (χ0n) is 12.5. The Morgan fingerprint density at radius 1 is 1.05 bits per heavy atom. The lowest BCUT2D eigenvalue weighted by Crippen LogP contribution is -2.39. The summed E-state index contributed by atoms with van der Waals surface area (Å²) in [5.41, 5.74) is 0.682. The Morgan fingerprint density at radius 2 is 1.67 bits per heavy atom. The molecule has 1 heterocycles. The van der Waals surface area contributed by atoms with Gasteiger partial charge in [-0.1, -0.05) is 26.0 Å². The fourth-order valence-electron chi connectivity index (χ4n) is 2.51. The van der Waals surface area contributed by atoms with Crippen molar-refractivity contribution >= 4 is 27.7 Å². The van der Waals surface area contributed by atoms with E-state index in [1.807, 2.05) is 47.9 Å². The Kier molecular flexibility index (Phi) is 5.39. The number of hydrogen-bond acceptors (Lipinski definition) is 2. The van der Waals surface area contributed by atoms with Crippen LogP contribution in [0.1, 0.15) is 30.6 Å². The second-order valence-corrected chi connectivity index (χ2v) is 6.46. The summed E-state index contributed by atoms with van der Waals surface area (Å²) in [6.45, 7) is 6.47. The lowest BCUT2D eigenvalue weighted by Gasteiger charge is -2.23. The average molecular weight is 353 g/mol. The van der Waals surface area contributed by atoms with Crippen LogP contribution < -0.4 is 0 Å². The highest BCUT2D eigenvalue weighted by Gasteiger charge is 2.24. The normalized spacial score (nSPS) is 16.0. The van der Waals surface area contributed by atoms with Gasteiger partial charge in [0, 0.05) is 36.6 Å². The van der Waals surface area contributed by atoms with Crippen LogP contribution in [0.25, 0.3) is 0 Å². The van der Waals surface area contributed by atoms with E-state index in [9.17, 15) is 9.59 Å². The maximum absolute atomic E-state index is 12.6. The Morgan fingerprint density at radius 3 is 2.33 bits per heavy atom. The zero-order chi connectivity index (χ0) is 15.4. The fraction of sp³-hybridized carbons (Fsp3) is 0.500. The fourth-order valence-corrected chi connectivity index (χ4v) is 2.97. The van der Waals surface area contributed by atoms with Gasteiger partial charge in [-0.05, 0) is 34.5 Å². The summed E-state index contributed by atoms with van der Waals surface area (Å²) in [7, 11) is 0. The second kappa shape index (κ2) is 7.07. The van der Waals surface area contributed by atoms with E-state index in [4.69, 9.17) is 0 Å². The Bertz CT molecular complexity index is 531. The van der Waals surface area contributed by atoms with E-state index < -0.39 is 0 Å². The number of rotatable bonds is 2. The van der Waals surface area contributed by atoms with Crippen molar-refractivity contribution in [3.05, 3.63) is 34.3 Å². The molecule has 0 aliphatic carbocycles. The van der Waals surface area contributed by atoms with E-state index in [2.05, 4.69) is 15.9 Å². The summed E-state index contributed by atoms with van der Waals surface area (Å²) in [6.07, 6.45) is 0.828. The van der Waals surface area contributed by atoms with Gasteiger partial charge < -0.3 is 9.80 Å². The molecule has 1 aliphatic rings. The molecule has 1 saturated heterocycles. The number of hydrogen-bond donors (Lipinski definition) is 0. The highest BCUT2D eigenvalue weighted by Crippen LogP contribution is 2.19. The van der Waals surface area contributed by atoms with Crippen LogP contribution in [0, 0.1) is 5.92 Å². The molecular weight excluding hydrogens is 332 g/mol. The van der Waals surface area contributed by atoms with E-state index in [0.29, 0.717) is 25.2 Å². The Balaban J connectivity index is 2.05. The van der Waals surface area contributed by atoms with Crippen LogP contribution in [-0.4, -0.2) is 47.8 Å². The molecule has 1 aliphatic heterocycles. The highest BCUT2D eigenvalue weighted by molar-refractivity contribution is 9.10. The molecule has 2 rings (SSSR count). The van der Waals surface area contributed by atoms with Gasteiger partial charge in [-0.3, -0.25) is 9.59 Å². The van der Waals surface area contributed by atoms with Crippen molar-refractivity contribution < 1.29 is 9.59 Å². The zero-order valence-corrected chi connectivity index (χ0v) is 14.1. The lowest BCUT2D eigenvalue weighted by molar-refractivity contribution is -0.134. The molecule has 0 N–H and O–H groups in total. The molecule has 5 heteroatoms. The molecule has 114 valence electrons. The van der Waals surface area contributed by atoms with Crippen molar-refractivity contribution in [2.45, 2.75) is 20.3 Å². The Hall–Kier alpha value is -1.36. The van der Waals surface area contributed by atoms with Gasteiger partial charge in [-0.2, -0.15) is 0 Å². The molecule has 21 heavy (non-hydrogen) atoms. The molecule has 2 amide bonds. The molecular formula is C16H21BrN2O2. The van der Waals surface area contributed by atoms with Crippen LogP contribution >= 0.6 is 15.9 Å². The van der Waals surface area contributed by atoms with E-state index in [1.54, 1.807) is 0 Å². The number of amides is 2. The third kappa shape index (κ3) is 3.84. The summed E-state index contributed by atoms with van der Waals surface area (Å²) >= 11 is 3.43. The molecule has 0 spiro atoms. The van der Waals surface area contributed by atoms with Crippen LogP contribution in [0.2, 0.25) is 0 Å². The Labute approximate surface area is 134 Å². The summed E-state index contributed by atoms with van der Waals surface area (Å²) < 4.78 is 0.814. The summed E-state index contributed by atoms with van der Waals surface area (Å²) in [6, 6.07) is 7.46. The van der Waals surface area contributed by atoms with Gasteiger partial charge in [0.1, 0.15) is 0 Å². The van der Waals surface area contributed by atoms with Crippen molar-refractivity contribution in [3.63, 3.8) is 0 Å². The van der Waals surface area contributed by atoms with Crippen molar-refractivity contribution in [1.82, 2.24) is 9.80 Å². The number of carbonyl (C=O) groups is 2. The topological polar surface area (TPSA) is 40.6 Å². The van der Waals surface area contributed by atoms with Crippen LogP contribution in [0.15, 0.2) is 28.7 Å². The molecule has 0 bridgehead atoms. The number of benzene rings is 1. The second-order valence-electron chi connectivity index (χ2n) is 5.61. The molecule has 1 aromatic rings. The number of carbonyl (C=O) groups excluding carboxylic acids is 2. The SMILES string of the molecule is CC(C)C(=O)N1CCCN(C(=O)c2ccccc2Br)CC1. The third-order valence-corrected chi connectivity index (χ3v) is 4.38. The van der Waals surface area contributed by atoms with Gasteiger partial charge in [-0.15, -0.1) is 0 Å². The molecule has 0 atom stereocenters. The van der Waals surface area contributed by atoms with Gasteiger partial charge in [-0.25, -0.2) is 0 Å². The van der Waals surface area contributed by atoms with Gasteiger partial charge in [0.25, 0.3) is 5.91 Å². The largest absolute Gasteiger partial charge is 0.341 e. The van der Waals surface area contributed by atoms with Crippen LogP contribution in [-0.2, 0) is 4.79 Å². The minimum Gasteiger partial charge on any atom is -0.341 e. The minimum atomic E-state index is 0.00974. The quantitative estimate of drug-likeness (QED) is 0.820. The van der Waals surface area contributed by atoms with Crippen LogP contribution in [0.5, 0.6) is 0 Å². The maximum Gasteiger partial charge on any atom is 0.255 e. The summed E-state index contributed by atoms with van der Waals surface area (Å²) in [5, 5.41) is 0. The van der Waals surface area contributed by atoms with Crippen molar-refractivity contribution in [2.24, 2.45) is 5.92 Å². The van der Waals surface area contributed by atoms with E-state index >= 15 is 0 Å². The first kappa shape index (κ1) is 16.0. The number of nitrogens with zero attached hydrogens (tertiary/aromatic N) is 2. The summed E-state index contributed by atoms with van der Waals surface area (Å²) in [4.78, 5) is 28.4. The lowest BCUT2D eigenvalue weighted by atomic mass is 10.2. The van der Waals surface area contributed by atoms with Gasteiger partial charge >= 0.3 is 0 Å². The molecule has 0 radical (unpaired) electrons. The maximum atomic E-state index is 12.6. The molecule has 0 saturated carbocycles.